The molecule has 10 heteroatoms. The monoisotopic (exact) mass is 369 g/mol. The van der Waals surface area contributed by atoms with Crippen LogP contribution in [0.3, 0.4) is 0 Å². The summed E-state index contributed by atoms with van der Waals surface area (Å²) in [4.78, 5) is 23.0. The maximum Gasteiger partial charge on any atom is 0.271 e. The molecule has 2 rings (SSSR count). The molecule has 0 aliphatic rings. The predicted octanol–water partition coefficient (Wildman–Crippen LogP) is 0.642. The molecule has 0 radical (unpaired) electrons. The van der Waals surface area contributed by atoms with Gasteiger partial charge in [-0.25, -0.2) is 8.42 Å². The van der Waals surface area contributed by atoms with Crippen molar-refractivity contribution in [3.8, 4) is 5.75 Å². The smallest absolute Gasteiger partial charge is 0.271 e. The fourth-order valence-electron chi connectivity index (χ4n) is 1.87. The Morgan fingerprint density at radius 1 is 1.25 bits per heavy atom. The first-order chi connectivity index (χ1) is 11.2. The number of amides is 2. The SMILES string of the molecule is CNC(=O)c1ccc(O)c(NS(=O)(=O)c2ccc(CC(N)=O)s2)c1. The van der Waals surface area contributed by atoms with Crippen molar-refractivity contribution in [1.82, 2.24) is 5.32 Å². The highest BCUT2D eigenvalue weighted by Gasteiger charge is 2.20. The molecule has 2 aromatic rings. The van der Waals surface area contributed by atoms with Crippen LogP contribution in [0.5, 0.6) is 5.75 Å². The van der Waals surface area contributed by atoms with E-state index < -0.39 is 21.8 Å². The molecule has 0 spiro atoms. The maximum atomic E-state index is 12.4. The lowest BCUT2D eigenvalue weighted by atomic mass is 10.2. The van der Waals surface area contributed by atoms with Gasteiger partial charge in [0.25, 0.3) is 15.9 Å². The molecule has 0 saturated heterocycles. The van der Waals surface area contributed by atoms with Crippen LogP contribution in [-0.4, -0.2) is 32.4 Å². The van der Waals surface area contributed by atoms with Gasteiger partial charge < -0.3 is 16.2 Å². The highest BCUT2D eigenvalue weighted by atomic mass is 32.2. The Morgan fingerprint density at radius 2 is 1.96 bits per heavy atom. The van der Waals surface area contributed by atoms with E-state index in [-0.39, 0.29) is 27.6 Å². The second-order valence-corrected chi connectivity index (χ2v) is 7.86. The number of thiophene rings is 1. The van der Waals surface area contributed by atoms with E-state index in [9.17, 15) is 23.1 Å². The Hall–Kier alpha value is -2.59. The van der Waals surface area contributed by atoms with Gasteiger partial charge in [0, 0.05) is 17.5 Å². The van der Waals surface area contributed by atoms with E-state index in [4.69, 9.17) is 5.73 Å². The van der Waals surface area contributed by atoms with Crippen LogP contribution in [0.2, 0.25) is 0 Å². The molecule has 0 aliphatic heterocycles. The summed E-state index contributed by atoms with van der Waals surface area (Å²) < 4.78 is 26.9. The van der Waals surface area contributed by atoms with E-state index in [0.29, 0.717) is 4.88 Å². The van der Waals surface area contributed by atoms with Gasteiger partial charge in [-0.15, -0.1) is 11.3 Å². The predicted molar refractivity (Wildman–Crippen MR) is 89.5 cm³/mol. The van der Waals surface area contributed by atoms with Crippen LogP contribution in [0.15, 0.2) is 34.5 Å². The zero-order chi connectivity index (χ0) is 17.9. The molecule has 1 aromatic heterocycles. The van der Waals surface area contributed by atoms with Crippen LogP contribution >= 0.6 is 11.3 Å². The zero-order valence-corrected chi connectivity index (χ0v) is 14.2. The fraction of sp³-hybridized carbons (Fsp3) is 0.143. The number of benzene rings is 1. The molecule has 128 valence electrons. The van der Waals surface area contributed by atoms with Crippen molar-refractivity contribution in [2.45, 2.75) is 10.6 Å². The van der Waals surface area contributed by atoms with E-state index in [0.717, 1.165) is 11.3 Å². The van der Waals surface area contributed by atoms with Gasteiger partial charge in [-0.1, -0.05) is 0 Å². The highest BCUT2D eigenvalue weighted by Crippen LogP contribution is 2.29. The minimum absolute atomic E-state index is 0.0384. The summed E-state index contributed by atoms with van der Waals surface area (Å²) in [5.41, 5.74) is 5.14. The summed E-state index contributed by atoms with van der Waals surface area (Å²) in [5.74, 6) is -1.31. The number of phenolic OH excluding ortho intramolecular Hbond substituents is 1. The first-order valence-corrected chi connectivity index (χ1v) is 8.98. The van der Waals surface area contributed by atoms with Gasteiger partial charge in [-0.3, -0.25) is 14.3 Å². The number of hydrogen-bond acceptors (Lipinski definition) is 6. The van der Waals surface area contributed by atoms with Crippen LogP contribution in [-0.2, 0) is 21.2 Å². The zero-order valence-electron chi connectivity index (χ0n) is 12.6. The van der Waals surface area contributed by atoms with Crippen LogP contribution < -0.4 is 15.8 Å². The number of anilines is 1. The van der Waals surface area contributed by atoms with Gasteiger partial charge in [-0.05, 0) is 30.3 Å². The lowest BCUT2D eigenvalue weighted by molar-refractivity contribution is -0.117. The number of nitrogens with one attached hydrogen (secondary N) is 2. The average Bonchev–Trinajstić information content (AvgIpc) is 2.97. The molecule has 5 N–H and O–H groups in total. The summed E-state index contributed by atoms with van der Waals surface area (Å²) in [6, 6.07) is 6.64. The number of carbonyl (C=O) groups excluding carboxylic acids is 2. The lowest BCUT2D eigenvalue weighted by Gasteiger charge is -2.10. The number of carbonyl (C=O) groups is 2. The third kappa shape index (κ3) is 4.03. The number of phenols is 1. The second kappa shape index (κ2) is 6.89. The minimum Gasteiger partial charge on any atom is -0.506 e. The normalized spacial score (nSPS) is 11.0. The number of sulfonamides is 1. The molecule has 1 heterocycles. The van der Waals surface area contributed by atoms with Gasteiger partial charge in [0.1, 0.15) is 9.96 Å². The van der Waals surface area contributed by atoms with E-state index in [1.165, 1.54) is 37.4 Å². The quantitative estimate of drug-likeness (QED) is 0.554. The van der Waals surface area contributed by atoms with Crippen molar-refractivity contribution in [1.29, 1.82) is 0 Å². The summed E-state index contributed by atoms with van der Waals surface area (Å²) in [6.45, 7) is 0. The lowest BCUT2D eigenvalue weighted by Crippen LogP contribution is -2.18. The van der Waals surface area contributed by atoms with Crippen LogP contribution in [0.25, 0.3) is 0 Å². The van der Waals surface area contributed by atoms with Gasteiger partial charge in [-0.2, -0.15) is 0 Å². The molecule has 0 atom stereocenters. The van der Waals surface area contributed by atoms with Gasteiger partial charge in [0.05, 0.1) is 12.1 Å². The van der Waals surface area contributed by atoms with Gasteiger partial charge in [0.15, 0.2) is 0 Å². The minimum atomic E-state index is -3.98. The summed E-state index contributed by atoms with van der Waals surface area (Å²) in [5, 5.41) is 12.2. The molecule has 0 saturated carbocycles. The van der Waals surface area contributed by atoms with Crippen molar-refractivity contribution < 1.29 is 23.1 Å². The van der Waals surface area contributed by atoms with Crippen molar-refractivity contribution in [2.24, 2.45) is 5.73 Å². The average molecular weight is 369 g/mol. The molecule has 2 amide bonds. The Kier molecular flexibility index (Phi) is 5.10. The number of nitrogens with two attached hydrogens (primary N) is 1. The molecule has 0 aliphatic carbocycles. The van der Waals surface area contributed by atoms with Gasteiger partial charge >= 0.3 is 0 Å². The molecular weight excluding hydrogens is 354 g/mol. The standard InChI is InChI=1S/C14H15N3O5S2/c1-16-14(20)8-2-4-11(18)10(6-8)17-24(21,22)13-5-3-9(23-13)7-12(15)19/h2-6,17-18H,7H2,1H3,(H2,15,19)(H,16,20). The summed E-state index contributed by atoms with van der Waals surface area (Å²) in [6.07, 6.45) is -0.0579. The number of hydrogen-bond donors (Lipinski definition) is 4. The molecule has 0 unspecified atom stereocenters. The summed E-state index contributed by atoms with van der Waals surface area (Å²) >= 11 is 0.896. The third-order valence-electron chi connectivity index (χ3n) is 2.98. The summed E-state index contributed by atoms with van der Waals surface area (Å²) in [7, 11) is -2.54. The maximum absolute atomic E-state index is 12.4. The molecular formula is C14H15N3O5S2. The van der Waals surface area contributed by atoms with Crippen molar-refractivity contribution in [2.75, 3.05) is 11.8 Å². The first-order valence-electron chi connectivity index (χ1n) is 6.68. The Bertz CT molecular complexity index is 890. The van der Waals surface area contributed by atoms with Crippen LogP contribution in [0.4, 0.5) is 5.69 Å². The van der Waals surface area contributed by atoms with Crippen LogP contribution in [0.1, 0.15) is 15.2 Å². The van der Waals surface area contributed by atoms with Crippen molar-refractivity contribution in [3.05, 3.63) is 40.8 Å². The number of aromatic hydroxyl groups is 1. The van der Waals surface area contributed by atoms with Crippen LogP contribution in [0, 0.1) is 0 Å². The van der Waals surface area contributed by atoms with Crippen molar-refractivity contribution >= 4 is 38.9 Å². The number of rotatable bonds is 6. The third-order valence-corrected chi connectivity index (χ3v) is 5.92. The van der Waals surface area contributed by atoms with E-state index in [2.05, 4.69) is 10.0 Å². The second-order valence-electron chi connectivity index (χ2n) is 4.78. The van der Waals surface area contributed by atoms with Crippen molar-refractivity contribution in [3.63, 3.8) is 0 Å². The molecule has 24 heavy (non-hydrogen) atoms. The largest absolute Gasteiger partial charge is 0.506 e. The van der Waals surface area contributed by atoms with E-state index in [1.807, 2.05) is 0 Å². The number of primary amides is 1. The Morgan fingerprint density at radius 3 is 2.58 bits per heavy atom. The molecule has 0 fully saturated rings. The molecule has 0 bridgehead atoms. The Labute approximate surface area is 142 Å². The first kappa shape index (κ1) is 17.8. The fourth-order valence-corrected chi connectivity index (χ4v) is 4.30. The van der Waals surface area contributed by atoms with Gasteiger partial charge in [0.2, 0.25) is 5.91 Å². The van der Waals surface area contributed by atoms with E-state index in [1.54, 1.807) is 0 Å². The topological polar surface area (TPSA) is 139 Å². The highest BCUT2D eigenvalue weighted by molar-refractivity contribution is 7.94. The Balaban J connectivity index is 2.30. The van der Waals surface area contributed by atoms with E-state index >= 15 is 0 Å². The molecule has 1 aromatic carbocycles. The molecule has 8 nitrogen and oxygen atoms in total.